The number of hydrogen-bond acceptors (Lipinski definition) is 3. The maximum absolute atomic E-state index is 13.6. The summed E-state index contributed by atoms with van der Waals surface area (Å²) in [5, 5.41) is 3.29. The maximum atomic E-state index is 13.6. The van der Waals surface area contributed by atoms with Gasteiger partial charge in [-0.05, 0) is 38.8 Å². The summed E-state index contributed by atoms with van der Waals surface area (Å²) in [5.41, 5.74) is 0. The van der Waals surface area contributed by atoms with E-state index < -0.39 is 0 Å². The Morgan fingerprint density at radius 3 is 2.85 bits per heavy atom. The Morgan fingerprint density at radius 2 is 2.15 bits per heavy atom. The summed E-state index contributed by atoms with van der Waals surface area (Å²) in [6, 6.07) is 6.45. The zero-order chi connectivity index (χ0) is 19.5. The van der Waals surface area contributed by atoms with Crippen LogP contribution in [0.5, 0.6) is 5.75 Å². The molecule has 0 saturated carbocycles. The average Bonchev–Trinajstić information content (AvgIpc) is 3.07. The van der Waals surface area contributed by atoms with Crippen LogP contribution in [0.2, 0.25) is 0 Å². The van der Waals surface area contributed by atoms with Gasteiger partial charge in [0.1, 0.15) is 12.4 Å². The van der Waals surface area contributed by atoms with E-state index in [-0.39, 0.29) is 11.6 Å². The number of benzene rings is 1. The Balaban J connectivity index is 1.74. The molecule has 148 valence electrons. The second-order valence-corrected chi connectivity index (χ2v) is 6.31. The zero-order valence-corrected chi connectivity index (χ0v) is 16.5. The van der Waals surface area contributed by atoms with Crippen molar-refractivity contribution in [3.05, 3.63) is 48.3 Å². The van der Waals surface area contributed by atoms with Crippen molar-refractivity contribution < 1.29 is 9.13 Å². The Morgan fingerprint density at radius 1 is 1.33 bits per heavy atom. The molecule has 1 aromatic carbocycles. The predicted octanol–water partition coefficient (Wildman–Crippen LogP) is 3.09. The summed E-state index contributed by atoms with van der Waals surface area (Å²) < 4.78 is 21.3. The molecular formula is C20H30FN5O. The van der Waals surface area contributed by atoms with Gasteiger partial charge in [-0.25, -0.2) is 9.37 Å². The second-order valence-electron chi connectivity index (χ2n) is 6.31. The van der Waals surface area contributed by atoms with Gasteiger partial charge in [0.25, 0.3) is 0 Å². The van der Waals surface area contributed by atoms with Gasteiger partial charge in [-0.15, -0.1) is 0 Å². The molecule has 6 nitrogen and oxygen atoms in total. The van der Waals surface area contributed by atoms with Gasteiger partial charge in [0.15, 0.2) is 17.5 Å². The summed E-state index contributed by atoms with van der Waals surface area (Å²) in [7, 11) is 1.96. The van der Waals surface area contributed by atoms with Gasteiger partial charge in [-0.3, -0.25) is 4.99 Å². The van der Waals surface area contributed by atoms with Crippen molar-refractivity contribution in [1.29, 1.82) is 0 Å². The molecule has 1 aromatic heterocycles. The molecule has 7 heteroatoms. The van der Waals surface area contributed by atoms with E-state index in [1.54, 1.807) is 18.2 Å². The fourth-order valence-electron chi connectivity index (χ4n) is 2.65. The van der Waals surface area contributed by atoms with Gasteiger partial charge in [0.05, 0.1) is 6.54 Å². The van der Waals surface area contributed by atoms with Gasteiger partial charge < -0.3 is 19.5 Å². The lowest BCUT2D eigenvalue weighted by Crippen LogP contribution is -2.41. The van der Waals surface area contributed by atoms with Gasteiger partial charge in [-0.2, -0.15) is 0 Å². The molecular weight excluding hydrogens is 345 g/mol. The first-order valence-electron chi connectivity index (χ1n) is 9.46. The third kappa shape index (κ3) is 6.92. The Kier molecular flexibility index (Phi) is 8.61. The number of hydrogen-bond donors (Lipinski definition) is 1. The number of nitrogens with zero attached hydrogens (tertiary/aromatic N) is 4. The molecule has 0 aliphatic heterocycles. The van der Waals surface area contributed by atoms with E-state index >= 15 is 0 Å². The highest BCUT2D eigenvalue weighted by atomic mass is 19.1. The lowest BCUT2D eigenvalue weighted by molar-refractivity contribution is 0.270. The third-order valence-corrected chi connectivity index (χ3v) is 4.21. The number of unbranched alkanes of at least 4 members (excludes halogenated alkanes) is 1. The van der Waals surface area contributed by atoms with Crippen LogP contribution in [0.25, 0.3) is 0 Å². The monoisotopic (exact) mass is 375 g/mol. The van der Waals surface area contributed by atoms with Crippen molar-refractivity contribution in [2.75, 3.05) is 33.3 Å². The van der Waals surface area contributed by atoms with Crippen molar-refractivity contribution >= 4 is 5.96 Å². The van der Waals surface area contributed by atoms with E-state index in [0.717, 1.165) is 44.3 Å². The molecule has 27 heavy (non-hydrogen) atoms. The van der Waals surface area contributed by atoms with Gasteiger partial charge in [0.2, 0.25) is 0 Å². The minimum Gasteiger partial charge on any atom is -0.489 e. The molecule has 0 unspecified atom stereocenters. The van der Waals surface area contributed by atoms with Crippen LogP contribution in [0.1, 0.15) is 25.6 Å². The third-order valence-electron chi connectivity index (χ3n) is 4.21. The molecule has 1 N–H and O–H groups in total. The van der Waals surface area contributed by atoms with Crippen LogP contribution in [0.4, 0.5) is 4.39 Å². The van der Waals surface area contributed by atoms with Crippen LogP contribution in [0.15, 0.2) is 41.7 Å². The molecule has 1 heterocycles. The molecule has 0 amide bonds. The van der Waals surface area contributed by atoms with Crippen molar-refractivity contribution in [2.24, 2.45) is 4.99 Å². The summed E-state index contributed by atoms with van der Waals surface area (Å²) in [5.74, 6) is 1.83. The first-order valence-corrected chi connectivity index (χ1v) is 9.46. The summed E-state index contributed by atoms with van der Waals surface area (Å²) in [6.45, 7) is 7.58. The van der Waals surface area contributed by atoms with Crippen LogP contribution in [0.3, 0.4) is 0 Å². The minimum atomic E-state index is -0.339. The van der Waals surface area contributed by atoms with Crippen molar-refractivity contribution in [3.63, 3.8) is 0 Å². The van der Waals surface area contributed by atoms with Gasteiger partial charge >= 0.3 is 0 Å². The largest absolute Gasteiger partial charge is 0.489 e. The summed E-state index contributed by atoms with van der Waals surface area (Å²) in [4.78, 5) is 10.9. The lowest BCUT2D eigenvalue weighted by Gasteiger charge is -2.22. The lowest BCUT2D eigenvalue weighted by atomic mass is 10.3. The number of aliphatic imine (C=N–C) groups is 1. The predicted molar refractivity (Wildman–Crippen MR) is 107 cm³/mol. The normalized spacial score (nSPS) is 11.5. The average molecular weight is 375 g/mol. The number of para-hydroxylation sites is 1. The molecule has 2 aromatic rings. The number of halogens is 1. The number of nitrogens with one attached hydrogen (secondary N) is 1. The quantitative estimate of drug-likeness (QED) is 0.394. The Hall–Kier alpha value is -2.57. The molecule has 2 rings (SSSR count). The van der Waals surface area contributed by atoms with E-state index in [1.165, 1.54) is 6.07 Å². The molecule has 0 aliphatic rings. The first-order chi connectivity index (χ1) is 13.1. The van der Waals surface area contributed by atoms with Crippen molar-refractivity contribution in [3.8, 4) is 5.75 Å². The smallest absolute Gasteiger partial charge is 0.193 e. The van der Waals surface area contributed by atoms with Crippen molar-refractivity contribution in [1.82, 2.24) is 19.8 Å². The van der Waals surface area contributed by atoms with Crippen LogP contribution in [-0.2, 0) is 6.54 Å². The number of aromatic nitrogens is 2. The van der Waals surface area contributed by atoms with E-state index in [1.807, 2.05) is 38.2 Å². The first kappa shape index (κ1) is 20.7. The van der Waals surface area contributed by atoms with E-state index in [4.69, 9.17) is 4.74 Å². The highest BCUT2D eigenvalue weighted by molar-refractivity contribution is 5.79. The van der Waals surface area contributed by atoms with E-state index in [9.17, 15) is 4.39 Å². The van der Waals surface area contributed by atoms with Crippen LogP contribution >= 0.6 is 0 Å². The number of imidazole rings is 1. The second kappa shape index (κ2) is 11.2. The number of likely N-dealkylation sites (N-methyl/N-ethyl adjacent to an activating group) is 1. The molecule has 0 fully saturated rings. The molecule has 0 spiro atoms. The Labute approximate surface area is 161 Å². The van der Waals surface area contributed by atoms with Crippen LogP contribution in [0, 0.1) is 12.7 Å². The number of aryl methyl sites for hydroxylation is 2. The highest BCUT2D eigenvalue weighted by Gasteiger charge is 2.07. The number of guanidine groups is 1. The molecule has 0 atom stereocenters. The van der Waals surface area contributed by atoms with Crippen LogP contribution in [-0.4, -0.2) is 53.7 Å². The fraction of sp³-hybridized carbons (Fsp3) is 0.500. The Bertz CT molecular complexity index is 716. The molecule has 0 bridgehead atoms. The van der Waals surface area contributed by atoms with Crippen molar-refractivity contribution in [2.45, 2.75) is 33.2 Å². The summed E-state index contributed by atoms with van der Waals surface area (Å²) >= 11 is 0. The minimum absolute atomic E-state index is 0.280. The SMILES string of the molecule is CCNC(=NCCCCn1ccnc1C)N(C)CCOc1ccccc1F. The highest BCUT2D eigenvalue weighted by Crippen LogP contribution is 2.15. The molecule has 0 radical (unpaired) electrons. The van der Waals surface area contributed by atoms with Gasteiger partial charge in [0, 0.05) is 39.1 Å². The zero-order valence-electron chi connectivity index (χ0n) is 16.5. The van der Waals surface area contributed by atoms with E-state index in [2.05, 4.69) is 19.9 Å². The van der Waals surface area contributed by atoms with Gasteiger partial charge in [-0.1, -0.05) is 12.1 Å². The molecule has 0 saturated heterocycles. The fourth-order valence-corrected chi connectivity index (χ4v) is 2.65. The summed E-state index contributed by atoms with van der Waals surface area (Å²) in [6.07, 6.45) is 5.90. The van der Waals surface area contributed by atoms with Crippen LogP contribution < -0.4 is 10.1 Å². The number of ether oxygens (including phenoxy) is 1. The standard InChI is InChI=1S/C20H30FN5O/c1-4-22-20(24-11-7-8-13-26-14-12-23-17(26)2)25(3)15-16-27-19-10-6-5-9-18(19)21/h5-6,9-10,12,14H,4,7-8,11,13,15-16H2,1-3H3,(H,22,24). The maximum Gasteiger partial charge on any atom is 0.193 e. The van der Waals surface area contributed by atoms with E-state index in [0.29, 0.717) is 13.2 Å². The topological polar surface area (TPSA) is 54.7 Å². The molecule has 0 aliphatic carbocycles. The number of rotatable bonds is 10.